The van der Waals surface area contributed by atoms with Crippen LogP contribution in [0.5, 0.6) is 0 Å². The van der Waals surface area contributed by atoms with Crippen LogP contribution in [0.1, 0.15) is 49.1 Å². The second-order valence-electron chi connectivity index (χ2n) is 10.2. The lowest BCUT2D eigenvalue weighted by Crippen LogP contribution is -2.52. The maximum Gasteiger partial charge on any atom is 0.408 e. The zero-order chi connectivity index (χ0) is 28.4. The van der Waals surface area contributed by atoms with Crippen molar-refractivity contribution in [3.8, 4) is 12.3 Å². The second kappa shape index (κ2) is 13.3. The van der Waals surface area contributed by atoms with Crippen molar-refractivity contribution in [1.29, 1.82) is 0 Å². The van der Waals surface area contributed by atoms with Crippen molar-refractivity contribution in [2.45, 2.75) is 51.4 Å². The van der Waals surface area contributed by atoms with Crippen LogP contribution in [0.25, 0.3) is 0 Å². The summed E-state index contributed by atoms with van der Waals surface area (Å²) in [6.07, 6.45) is 5.02. The number of nitrogens with one attached hydrogen (secondary N) is 2. The van der Waals surface area contributed by atoms with Gasteiger partial charge in [0.2, 0.25) is 11.8 Å². The van der Waals surface area contributed by atoms with Crippen molar-refractivity contribution in [1.82, 2.24) is 15.5 Å². The molecule has 2 unspecified atom stereocenters. The molecule has 0 heterocycles. The molecule has 0 saturated heterocycles. The number of alkyl carbamates (subject to hydrolysis) is 1. The Labute approximate surface area is 230 Å². The number of ether oxygens (including phenoxy) is 1. The van der Waals surface area contributed by atoms with Crippen LogP contribution in [0.4, 0.5) is 4.79 Å². The summed E-state index contributed by atoms with van der Waals surface area (Å²) in [5, 5.41) is 5.65. The Morgan fingerprint density at radius 3 is 2.00 bits per heavy atom. The van der Waals surface area contributed by atoms with Gasteiger partial charge in [0.15, 0.2) is 0 Å². The number of carbonyl (C=O) groups is 3. The standard InChI is InChI=1S/C32H35N3O4/c1-6-23-17-19-26(20-18-23)28(29(36)33-22-25-15-11-8-12-16-25)35(5)30(37)27(21-24-13-9-7-10-14-24)34-31(38)39-32(2,3)4/h1,7-20,27-28H,21-22H2,2-5H3,(H,33,36)(H,34,38). The minimum Gasteiger partial charge on any atom is -0.444 e. The molecule has 3 amide bonds. The summed E-state index contributed by atoms with van der Waals surface area (Å²) in [5.74, 6) is 1.76. The molecule has 7 nitrogen and oxygen atoms in total. The lowest BCUT2D eigenvalue weighted by molar-refractivity contribution is -0.140. The van der Waals surface area contributed by atoms with E-state index in [4.69, 9.17) is 11.2 Å². The Morgan fingerprint density at radius 1 is 0.897 bits per heavy atom. The highest BCUT2D eigenvalue weighted by Gasteiger charge is 2.34. The van der Waals surface area contributed by atoms with Crippen LogP contribution >= 0.6 is 0 Å². The van der Waals surface area contributed by atoms with Crippen LogP contribution in [0.2, 0.25) is 0 Å². The molecule has 39 heavy (non-hydrogen) atoms. The summed E-state index contributed by atoms with van der Waals surface area (Å²) < 4.78 is 5.42. The molecule has 3 aromatic rings. The first-order chi connectivity index (χ1) is 18.6. The summed E-state index contributed by atoms with van der Waals surface area (Å²) in [6, 6.07) is 23.8. The SMILES string of the molecule is C#Cc1ccc(C(C(=O)NCc2ccccc2)N(C)C(=O)C(Cc2ccccc2)NC(=O)OC(C)(C)C)cc1. The number of hydrogen-bond acceptors (Lipinski definition) is 4. The van der Waals surface area contributed by atoms with Gasteiger partial charge >= 0.3 is 6.09 Å². The Morgan fingerprint density at radius 2 is 1.46 bits per heavy atom. The Bertz CT molecular complexity index is 1290. The van der Waals surface area contributed by atoms with Gasteiger partial charge in [-0.05, 0) is 49.6 Å². The summed E-state index contributed by atoms with van der Waals surface area (Å²) >= 11 is 0. The second-order valence-corrected chi connectivity index (χ2v) is 10.2. The zero-order valence-electron chi connectivity index (χ0n) is 22.8. The van der Waals surface area contributed by atoms with E-state index in [1.807, 2.05) is 60.7 Å². The van der Waals surface area contributed by atoms with E-state index in [9.17, 15) is 14.4 Å². The van der Waals surface area contributed by atoms with Crippen LogP contribution in [-0.4, -0.2) is 41.5 Å². The molecule has 0 spiro atoms. The summed E-state index contributed by atoms with van der Waals surface area (Å²) in [6.45, 7) is 5.54. The molecule has 0 radical (unpaired) electrons. The fourth-order valence-electron chi connectivity index (χ4n) is 4.07. The third-order valence-corrected chi connectivity index (χ3v) is 5.96. The van der Waals surface area contributed by atoms with Crippen LogP contribution in [0, 0.1) is 12.3 Å². The van der Waals surface area contributed by atoms with Gasteiger partial charge in [0, 0.05) is 25.6 Å². The number of nitrogens with zero attached hydrogens (tertiary/aromatic N) is 1. The van der Waals surface area contributed by atoms with Crippen LogP contribution in [0.3, 0.4) is 0 Å². The van der Waals surface area contributed by atoms with Gasteiger partial charge in [-0.3, -0.25) is 9.59 Å². The summed E-state index contributed by atoms with van der Waals surface area (Å²) in [5.41, 5.74) is 2.28. The van der Waals surface area contributed by atoms with Gasteiger partial charge in [-0.15, -0.1) is 6.42 Å². The van der Waals surface area contributed by atoms with Gasteiger partial charge in [-0.2, -0.15) is 0 Å². The Hall–Kier alpha value is -4.57. The molecular formula is C32H35N3O4. The number of benzene rings is 3. The van der Waals surface area contributed by atoms with Gasteiger partial charge in [0.1, 0.15) is 17.7 Å². The quantitative estimate of drug-likeness (QED) is 0.399. The molecule has 0 aromatic heterocycles. The van der Waals surface area contributed by atoms with Gasteiger partial charge in [0.05, 0.1) is 0 Å². The number of amides is 3. The molecular weight excluding hydrogens is 490 g/mol. The molecule has 2 N–H and O–H groups in total. The lowest BCUT2D eigenvalue weighted by Gasteiger charge is -2.32. The lowest BCUT2D eigenvalue weighted by atomic mass is 10.00. The van der Waals surface area contributed by atoms with E-state index in [1.54, 1.807) is 52.1 Å². The maximum absolute atomic E-state index is 13.9. The maximum atomic E-state index is 13.9. The topological polar surface area (TPSA) is 87.7 Å². The van der Waals surface area contributed by atoms with Crippen molar-refractivity contribution in [3.63, 3.8) is 0 Å². The van der Waals surface area contributed by atoms with Crippen LogP contribution in [-0.2, 0) is 27.3 Å². The molecule has 3 rings (SSSR count). The monoisotopic (exact) mass is 525 g/mol. The van der Waals surface area contributed by atoms with E-state index in [0.717, 1.165) is 11.1 Å². The smallest absolute Gasteiger partial charge is 0.408 e. The molecule has 0 saturated carbocycles. The molecule has 2 atom stereocenters. The molecule has 3 aromatic carbocycles. The fourth-order valence-corrected chi connectivity index (χ4v) is 4.07. The number of carbonyl (C=O) groups excluding carboxylic acids is 3. The van der Waals surface area contributed by atoms with Gasteiger partial charge in [-0.1, -0.05) is 78.7 Å². The first-order valence-corrected chi connectivity index (χ1v) is 12.8. The molecule has 7 heteroatoms. The van der Waals surface area contributed by atoms with Crippen molar-refractivity contribution in [2.75, 3.05) is 7.05 Å². The normalized spacial score (nSPS) is 12.4. The van der Waals surface area contributed by atoms with E-state index in [1.165, 1.54) is 4.90 Å². The number of rotatable bonds is 9. The number of hydrogen-bond donors (Lipinski definition) is 2. The van der Waals surface area contributed by atoms with E-state index in [-0.39, 0.29) is 12.3 Å². The highest BCUT2D eigenvalue weighted by atomic mass is 16.6. The molecule has 0 aliphatic heterocycles. The van der Waals surface area contributed by atoms with Gasteiger partial charge in [0.25, 0.3) is 0 Å². The average Bonchev–Trinajstić information content (AvgIpc) is 2.91. The number of terminal acetylenes is 1. The van der Waals surface area contributed by atoms with Crippen molar-refractivity contribution < 1.29 is 19.1 Å². The highest BCUT2D eigenvalue weighted by molar-refractivity contribution is 5.92. The van der Waals surface area contributed by atoms with Gasteiger partial charge < -0.3 is 20.3 Å². The van der Waals surface area contributed by atoms with Crippen LogP contribution in [0.15, 0.2) is 84.9 Å². The molecule has 202 valence electrons. The first kappa shape index (κ1) is 29.0. The third-order valence-electron chi connectivity index (χ3n) is 5.96. The minimum absolute atomic E-state index is 0.220. The predicted molar refractivity (Wildman–Crippen MR) is 151 cm³/mol. The van der Waals surface area contributed by atoms with E-state index >= 15 is 0 Å². The summed E-state index contributed by atoms with van der Waals surface area (Å²) in [4.78, 5) is 41.5. The van der Waals surface area contributed by atoms with Gasteiger partial charge in [-0.25, -0.2) is 4.79 Å². The largest absolute Gasteiger partial charge is 0.444 e. The molecule has 0 aliphatic rings. The Kier molecular flexibility index (Phi) is 9.88. The predicted octanol–water partition coefficient (Wildman–Crippen LogP) is 4.62. The molecule has 0 aliphatic carbocycles. The summed E-state index contributed by atoms with van der Waals surface area (Å²) in [7, 11) is 1.55. The van der Waals surface area contributed by atoms with E-state index in [0.29, 0.717) is 17.7 Å². The van der Waals surface area contributed by atoms with E-state index in [2.05, 4.69) is 16.6 Å². The first-order valence-electron chi connectivity index (χ1n) is 12.8. The van der Waals surface area contributed by atoms with E-state index < -0.39 is 29.7 Å². The third kappa shape index (κ3) is 8.75. The molecule has 0 bridgehead atoms. The zero-order valence-corrected chi connectivity index (χ0v) is 22.8. The average molecular weight is 526 g/mol. The van der Waals surface area contributed by atoms with Crippen molar-refractivity contribution in [3.05, 3.63) is 107 Å². The number of likely N-dealkylation sites (N-methyl/N-ethyl adjacent to an activating group) is 1. The highest BCUT2D eigenvalue weighted by Crippen LogP contribution is 2.23. The van der Waals surface area contributed by atoms with Crippen LogP contribution < -0.4 is 10.6 Å². The molecule has 0 fully saturated rings. The van der Waals surface area contributed by atoms with Crippen molar-refractivity contribution in [2.24, 2.45) is 0 Å². The minimum atomic E-state index is -0.971. The van der Waals surface area contributed by atoms with Crippen molar-refractivity contribution >= 4 is 17.9 Å². The Balaban J connectivity index is 1.90. The fraction of sp³-hybridized carbons (Fsp3) is 0.281.